The molecule has 2 aromatic rings. The summed E-state index contributed by atoms with van der Waals surface area (Å²) in [5, 5.41) is 7.59. The molecule has 0 bridgehead atoms. The lowest BCUT2D eigenvalue weighted by molar-refractivity contribution is 0.0529. The molecule has 0 unspecified atom stereocenters. The monoisotopic (exact) mass is 296 g/mol. The Labute approximate surface area is 120 Å². The van der Waals surface area contributed by atoms with E-state index in [9.17, 15) is 4.79 Å². The standard InChI is InChI=1S/C12H16N4O3S/c1-4-18-12(17)9-10(13)16-20-11(9)14-5-8-6(2)15-19-7(8)3/h14H,4-5H2,1-3H3,(H2,13,16). The second-order valence-corrected chi connectivity index (χ2v) is 4.92. The van der Waals surface area contributed by atoms with E-state index in [1.807, 2.05) is 13.8 Å². The van der Waals surface area contributed by atoms with Crippen LogP contribution in [-0.2, 0) is 11.3 Å². The lowest BCUT2D eigenvalue weighted by Crippen LogP contribution is -2.10. The SMILES string of the molecule is CCOC(=O)c1c(N)nsc1NCc1c(C)noc1C. The van der Waals surface area contributed by atoms with Gasteiger partial charge < -0.3 is 20.3 Å². The summed E-state index contributed by atoms with van der Waals surface area (Å²) < 4.78 is 14.0. The average Bonchev–Trinajstić information content (AvgIpc) is 2.92. The molecule has 7 nitrogen and oxygen atoms in total. The fourth-order valence-electron chi connectivity index (χ4n) is 1.75. The van der Waals surface area contributed by atoms with Gasteiger partial charge in [0, 0.05) is 12.1 Å². The zero-order valence-corrected chi connectivity index (χ0v) is 12.3. The van der Waals surface area contributed by atoms with E-state index in [-0.39, 0.29) is 18.0 Å². The fourth-order valence-corrected chi connectivity index (χ4v) is 2.44. The van der Waals surface area contributed by atoms with E-state index in [0.29, 0.717) is 11.5 Å². The van der Waals surface area contributed by atoms with Crippen LogP contribution in [0.3, 0.4) is 0 Å². The minimum absolute atomic E-state index is 0.176. The third-order valence-electron chi connectivity index (χ3n) is 2.80. The molecule has 0 saturated carbocycles. The van der Waals surface area contributed by atoms with Gasteiger partial charge in [-0.25, -0.2) is 4.79 Å². The van der Waals surface area contributed by atoms with Gasteiger partial charge in [0.15, 0.2) is 5.82 Å². The molecule has 0 fully saturated rings. The molecular formula is C12H16N4O3S. The highest BCUT2D eigenvalue weighted by atomic mass is 32.1. The summed E-state index contributed by atoms with van der Waals surface area (Å²) in [4.78, 5) is 11.8. The normalized spacial score (nSPS) is 10.6. The number of esters is 1. The van der Waals surface area contributed by atoms with Crippen LogP contribution in [0.25, 0.3) is 0 Å². The van der Waals surface area contributed by atoms with Crippen LogP contribution in [0, 0.1) is 13.8 Å². The maximum Gasteiger partial charge on any atom is 0.344 e. The third-order valence-corrected chi connectivity index (χ3v) is 3.62. The van der Waals surface area contributed by atoms with Crippen LogP contribution in [-0.4, -0.2) is 22.1 Å². The van der Waals surface area contributed by atoms with E-state index in [1.54, 1.807) is 6.92 Å². The molecular weight excluding hydrogens is 280 g/mol. The Bertz CT molecular complexity index is 601. The zero-order chi connectivity index (χ0) is 14.7. The summed E-state index contributed by atoms with van der Waals surface area (Å²) in [5.74, 6) is 0.444. The van der Waals surface area contributed by atoms with Gasteiger partial charge in [-0.2, -0.15) is 4.37 Å². The van der Waals surface area contributed by atoms with E-state index >= 15 is 0 Å². The predicted molar refractivity (Wildman–Crippen MR) is 75.8 cm³/mol. The first kappa shape index (κ1) is 14.3. The lowest BCUT2D eigenvalue weighted by Gasteiger charge is -2.06. The van der Waals surface area contributed by atoms with Crippen molar-refractivity contribution in [1.29, 1.82) is 0 Å². The number of ether oxygens (including phenoxy) is 1. The highest BCUT2D eigenvalue weighted by Crippen LogP contribution is 2.28. The van der Waals surface area contributed by atoms with Crippen molar-refractivity contribution in [3.05, 3.63) is 22.6 Å². The summed E-state index contributed by atoms with van der Waals surface area (Å²) in [6.45, 7) is 6.21. The van der Waals surface area contributed by atoms with Crippen LogP contribution in [0.15, 0.2) is 4.52 Å². The van der Waals surface area contributed by atoms with Gasteiger partial charge in [0.05, 0.1) is 12.3 Å². The molecule has 0 amide bonds. The predicted octanol–water partition coefficient (Wildman–Crippen LogP) is 2.12. The fraction of sp³-hybridized carbons (Fsp3) is 0.417. The number of nitrogens with zero attached hydrogens (tertiary/aromatic N) is 2. The molecule has 0 saturated heterocycles. The Kier molecular flexibility index (Phi) is 4.23. The number of hydrogen-bond donors (Lipinski definition) is 2. The number of carbonyl (C=O) groups excluding carboxylic acids is 1. The molecule has 0 aliphatic carbocycles. The van der Waals surface area contributed by atoms with Crippen molar-refractivity contribution in [2.75, 3.05) is 17.7 Å². The quantitative estimate of drug-likeness (QED) is 0.814. The molecule has 0 aromatic carbocycles. The number of nitrogen functional groups attached to an aromatic ring is 1. The van der Waals surface area contributed by atoms with Crippen molar-refractivity contribution < 1.29 is 14.1 Å². The van der Waals surface area contributed by atoms with E-state index < -0.39 is 5.97 Å². The average molecular weight is 296 g/mol. The second-order valence-electron chi connectivity index (χ2n) is 4.15. The summed E-state index contributed by atoms with van der Waals surface area (Å²) in [6.07, 6.45) is 0. The molecule has 2 heterocycles. The smallest absolute Gasteiger partial charge is 0.344 e. The Morgan fingerprint density at radius 1 is 1.50 bits per heavy atom. The van der Waals surface area contributed by atoms with Gasteiger partial charge in [0.25, 0.3) is 0 Å². The van der Waals surface area contributed by atoms with Crippen LogP contribution >= 0.6 is 11.5 Å². The Balaban J connectivity index is 2.16. The highest BCUT2D eigenvalue weighted by Gasteiger charge is 2.21. The largest absolute Gasteiger partial charge is 0.462 e. The topological polar surface area (TPSA) is 103 Å². The van der Waals surface area contributed by atoms with Gasteiger partial charge in [-0.1, -0.05) is 5.16 Å². The van der Waals surface area contributed by atoms with E-state index in [2.05, 4.69) is 14.8 Å². The van der Waals surface area contributed by atoms with Gasteiger partial charge in [0.1, 0.15) is 16.3 Å². The van der Waals surface area contributed by atoms with Crippen LogP contribution < -0.4 is 11.1 Å². The molecule has 0 radical (unpaired) electrons. The minimum atomic E-state index is -0.472. The van der Waals surface area contributed by atoms with Gasteiger partial charge in [0.2, 0.25) is 0 Å². The number of hydrogen-bond acceptors (Lipinski definition) is 8. The first-order valence-corrected chi connectivity index (χ1v) is 6.89. The summed E-state index contributed by atoms with van der Waals surface area (Å²) in [7, 11) is 0. The molecule has 0 aliphatic heterocycles. The molecule has 0 aliphatic rings. The van der Waals surface area contributed by atoms with Crippen molar-refractivity contribution >= 4 is 28.3 Å². The molecule has 0 atom stereocenters. The maximum absolute atomic E-state index is 11.8. The first-order chi connectivity index (χ1) is 9.54. The number of nitrogens with two attached hydrogens (primary N) is 1. The van der Waals surface area contributed by atoms with Crippen molar-refractivity contribution in [2.24, 2.45) is 0 Å². The second kappa shape index (κ2) is 5.91. The van der Waals surface area contributed by atoms with E-state index in [0.717, 1.165) is 28.6 Å². The number of rotatable bonds is 5. The molecule has 2 rings (SSSR count). The number of anilines is 2. The third kappa shape index (κ3) is 2.74. The van der Waals surface area contributed by atoms with Gasteiger partial charge in [-0.05, 0) is 32.3 Å². The van der Waals surface area contributed by atoms with Gasteiger partial charge >= 0.3 is 5.97 Å². The molecule has 8 heteroatoms. The molecule has 2 aromatic heterocycles. The lowest BCUT2D eigenvalue weighted by atomic mass is 10.2. The molecule has 3 N–H and O–H groups in total. The van der Waals surface area contributed by atoms with E-state index in [1.165, 1.54) is 0 Å². The van der Waals surface area contributed by atoms with Gasteiger partial charge in [-0.3, -0.25) is 0 Å². The maximum atomic E-state index is 11.8. The molecule has 108 valence electrons. The Hall–Kier alpha value is -2.09. The Morgan fingerprint density at radius 3 is 2.85 bits per heavy atom. The van der Waals surface area contributed by atoms with Crippen LogP contribution in [0.5, 0.6) is 0 Å². The van der Waals surface area contributed by atoms with Crippen molar-refractivity contribution in [1.82, 2.24) is 9.53 Å². The van der Waals surface area contributed by atoms with Crippen molar-refractivity contribution in [3.8, 4) is 0 Å². The highest BCUT2D eigenvalue weighted by molar-refractivity contribution is 7.11. The number of aromatic nitrogens is 2. The van der Waals surface area contributed by atoms with Crippen molar-refractivity contribution in [2.45, 2.75) is 27.3 Å². The van der Waals surface area contributed by atoms with Crippen molar-refractivity contribution in [3.63, 3.8) is 0 Å². The van der Waals surface area contributed by atoms with E-state index in [4.69, 9.17) is 15.0 Å². The van der Waals surface area contributed by atoms with Crippen LogP contribution in [0.2, 0.25) is 0 Å². The zero-order valence-electron chi connectivity index (χ0n) is 11.5. The number of aryl methyl sites for hydroxylation is 2. The Morgan fingerprint density at radius 2 is 2.25 bits per heavy atom. The number of nitrogens with one attached hydrogen (secondary N) is 1. The number of carbonyl (C=O) groups is 1. The minimum Gasteiger partial charge on any atom is -0.462 e. The molecule has 0 spiro atoms. The first-order valence-electron chi connectivity index (χ1n) is 6.12. The summed E-state index contributed by atoms with van der Waals surface area (Å²) in [5.41, 5.74) is 7.75. The summed E-state index contributed by atoms with van der Waals surface area (Å²) in [6, 6.07) is 0. The van der Waals surface area contributed by atoms with Crippen LogP contribution in [0.1, 0.15) is 34.3 Å². The van der Waals surface area contributed by atoms with Gasteiger partial charge in [-0.15, -0.1) is 0 Å². The summed E-state index contributed by atoms with van der Waals surface area (Å²) >= 11 is 1.13. The molecule has 20 heavy (non-hydrogen) atoms. The van der Waals surface area contributed by atoms with Crippen LogP contribution in [0.4, 0.5) is 10.8 Å².